The van der Waals surface area contributed by atoms with Crippen molar-refractivity contribution in [3.8, 4) is 5.75 Å². The van der Waals surface area contributed by atoms with Crippen LogP contribution < -0.4 is 15.9 Å². The minimum Gasteiger partial charge on any atom is -0.531 e. The summed E-state index contributed by atoms with van der Waals surface area (Å²) >= 11 is 0. The van der Waals surface area contributed by atoms with E-state index < -0.39 is 7.12 Å². The Labute approximate surface area is 104 Å². The van der Waals surface area contributed by atoms with Gasteiger partial charge in [0.05, 0.1) is 12.3 Å². The molecule has 0 aliphatic carbocycles. The average molecular weight is 243 g/mol. The molecule has 5 heteroatoms. The maximum absolute atomic E-state index is 13.1. The summed E-state index contributed by atoms with van der Waals surface area (Å²) in [5, 5.41) is 0. The van der Waals surface area contributed by atoms with E-state index in [0.717, 1.165) is 11.0 Å². The van der Waals surface area contributed by atoms with Gasteiger partial charge in [-0.1, -0.05) is 18.2 Å². The van der Waals surface area contributed by atoms with Gasteiger partial charge in [-0.3, -0.25) is 0 Å². The van der Waals surface area contributed by atoms with E-state index in [1.54, 1.807) is 18.2 Å². The van der Waals surface area contributed by atoms with Crippen molar-refractivity contribution in [2.45, 2.75) is 6.61 Å². The number of benzene rings is 2. The van der Waals surface area contributed by atoms with E-state index in [0.29, 0.717) is 18.0 Å². The number of para-hydroxylation sites is 2. The van der Waals surface area contributed by atoms with Gasteiger partial charge >= 0.3 is 7.12 Å². The molecule has 3 rings (SSSR count). The Morgan fingerprint density at radius 2 is 2.06 bits per heavy atom. The Bertz CT molecular complexity index is 591. The molecular formula is C13H11BFNO2. The number of nitrogens with two attached hydrogens (primary N) is 1. The van der Waals surface area contributed by atoms with E-state index in [-0.39, 0.29) is 5.82 Å². The lowest BCUT2D eigenvalue weighted by Gasteiger charge is -2.12. The maximum Gasteiger partial charge on any atom is 0.563 e. The molecule has 0 aromatic heterocycles. The summed E-state index contributed by atoms with van der Waals surface area (Å²) in [6, 6.07) is 11.8. The Morgan fingerprint density at radius 3 is 2.89 bits per heavy atom. The highest BCUT2D eigenvalue weighted by molar-refractivity contribution is 6.63. The molecule has 2 aromatic carbocycles. The van der Waals surface area contributed by atoms with Gasteiger partial charge in [0.2, 0.25) is 0 Å². The molecular weight excluding hydrogens is 232 g/mol. The van der Waals surface area contributed by atoms with Crippen molar-refractivity contribution in [3.05, 3.63) is 53.8 Å². The summed E-state index contributed by atoms with van der Waals surface area (Å²) < 4.78 is 24.3. The van der Waals surface area contributed by atoms with Gasteiger partial charge in [-0.25, -0.2) is 4.39 Å². The van der Waals surface area contributed by atoms with E-state index in [9.17, 15) is 4.39 Å². The van der Waals surface area contributed by atoms with Crippen LogP contribution in [0, 0.1) is 5.82 Å². The average Bonchev–Trinajstić information content (AvgIpc) is 2.74. The number of fused-ring (bicyclic) bond motifs is 1. The minimum absolute atomic E-state index is 0.266. The van der Waals surface area contributed by atoms with Crippen molar-refractivity contribution < 1.29 is 13.7 Å². The standard InChI is InChI=1S/C13H11BFNO2/c15-10-5-6-11-9(7-10)8-17-14(11)18-13-4-2-1-3-12(13)16/h1-7H,8,16H2. The van der Waals surface area contributed by atoms with Crippen molar-refractivity contribution >= 4 is 18.3 Å². The van der Waals surface area contributed by atoms with Crippen LogP contribution in [0.5, 0.6) is 5.75 Å². The summed E-state index contributed by atoms with van der Waals surface area (Å²) in [6.07, 6.45) is 0. The SMILES string of the molecule is Nc1ccccc1OB1OCc2cc(F)ccc21. The summed E-state index contributed by atoms with van der Waals surface area (Å²) in [4.78, 5) is 0. The largest absolute Gasteiger partial charge is 0.563 e. The molecule has 0 bridgehead atoms. The van der Waals surface area contributed by atoms with E-state index in [1.807, 2.05) is 12.1 Å². The van der Waals surface area contributed by atoms with E-state index >= 15 is 0 Å². The molecule has 2 N–H and O–H groups in total. The number of rotatable bonds is 2. The zero-order valence-electron chi connectivity index (χ0n) is 9.60. The second-order valence-electron chi connectivity index (χ2n) is 4.14. The zero-order chi connectivity index (χ0) is 12.5. The van der Waals surface area contributed by atoms with Crippen LogP contribution in [-0.4, -0.2) is 7.12 Å². The third-order valence-electron chi connectivity index (χ3n) is 2.90. The van der Waals surface area contributed by atoms with Crippen LogP contribution in [0.2, 0.25) is 0 Å². The molecule has 0 spiro atoms. The number of hydrogen-bond donors (Lipinski definition) is 1. The van der Waals surface area contributed by atoms with Gasteiger partial charge in [-0.15, -0.1) is 0 Å². The fraction of sp³-hybridized carbons (Fsp3) is 0.0769. The molecule has 0 radical (unpaired) electrons. The van der Waals surface area contributed by atoms with E-state index in [4.69, 9.17) is 15.0 Å². The monoisotopic (exact) mass is 243 g/mol. The van der Waals surface area contributed by atoms with Crippen molar-refractivity contribution in [2.75, 3.05) is 5.73 Å². The number of hydrogen-bond acceptors (Lipinski definition) is 3. The second kappa shape index (κ2) is 4.35. The number of halogens is 1. The van der Waals surface area contributed by atoms with Crippen LogP contribution in [0.25, 0.3) is 0 Å². The van der Waals surface area contributed by atoms with Crippen LogP contribution in [0.15, 0.2) is 42.5 Å². The first-order valence-corrected chi connectivity index (χ1v) is 5.65. The third kappa shape index (κ3) is 1.93. The molecule has 1 heterocycles. The van der Waals surface area contributed by atoms with Crippen LogP contribution in [-0.2, 0) is 11.3 Å². The lowest BCUT2D eigenvalue weighted by atomic mass is 9.79. The fourth-order valence-electron chi connectivity index (χ4n) is 1.99. The van der Waals surface area contributed by atoms with Gasteiger partial charge in [0.15, 0.2) is 0 Å². The number of nitrogen functional groups attached to an aromatic ring is 1. The van der Waals surface area contributed by atoms with Crippen LogP contribution in [0.3, 0.4) is 0 Å². The minimum atomic E-state index is -0.523. The molecule has 0 saturated heterocycles. The van der Waals surface area contributed by atoms with Gasteiger partial charge < -0.3 is 15.0 Å². The van der Waals surface area contributed by atoms with Crippen molar-refractivity contribution in [1.29, 1.82) is 0 Å². The summed E-state index contributed by atoms with van der Waals surface area (Å²) in [7, 11) is -0.523. The molecule has 90 valence electrons. The lowest BCUT2D eigenvalue weighted by Crippen LogP contribution is -2.35. The molecule has 0 atom stereocenters. The second-order valence-corrected chi connectivity index (χ2v) is 4.14. The Kier molecular flexibility index (Phi) is 2.68. The predicted octanol–water partition coefficient (Wildman–Crippen LogP) is 1.71. The highest BCUT2D eigenvalue weighted by Crippen LogP contribution is 2.22. The quantitative estimate of drug-likeness (QED) is 0.645. The highest BCUT2D eigenvalue weighted by atomic mass is 19.1. The first kappa shape index (κ1) is 11.1. The molecule has 3 nitrogen and oxygen atoms in total. The Hall–Kier alpha value is -2.01. The molecule has 0 saturated carbocycles. The molecule has 0 fully saturated rings. The maximum atomic E-state index is 13.1. The van der Waals surface area contributed by atoms with Crippen molar-refractivity contribution in [3.63, 3.8) is 0 Å². The van der Waals surface area contributed by atoms with Gasteiger partial charge in [0.1, 0.15) is 11.6 Å². The van der Waals surface area contributed by atoms with Crippen LogP contribution >= 0.6 is 0 Å². The first-order chi connectivity index (χ1) is 8.74. The molecule has 0 unspecified atom stereocenters. The summed E-state index contributed by atoms with van der Waals surface area (Å²) in [5.41, 5.74) is 8.02. The molecule has 0 amide bonds. The predicted molar refractivity (Wildman–Crippen MR) is 68.1 cm³/mol. The number of anilines is 1. The highest BCUT2D eigenvalue weighted by Gasteiger charge is 2.33. The van der Waals surface area contributed by atoms with E-state index in [1.165, 1.54) is 12.1 Å². The molecule has 2 aromatic rings. The zero-order valence-corrected chi connectivity index (χ0v) is 9.60. The van der Waals surface area contributed by atoms with Crippen molar-refractivity contribution in [1.82, 2.24) is 0 Å². The topological polar surface area (TPSA) is 44.5 Å². The van der Waals surface area contributed by atoms with Crippen LogP contribution in [0.4, 0.5) is 10.1 Å². The molecule has 18 heavy (non-hydrogen) atoms. The first-order valence-electron chi connectivity index (χ1n) is 5.65. The summed E-state index contributed by atoms with van der Waals surface area (Å²) in [6.45, 7) is 0.352. The van der Waals surface area contributed by atoms with Crippen LogP contribution in [0.1, 0.15) is 5.56 Å². The third-order valence-corrected chi connectivity index (χ3v) is 2.90. The normalized spacial score (nSPS) is 13.5. The fourth-order valence-corrected chi connectivity index (χ4v) is 1.99. The summed E-state index contributed by atoms with van der Waals surface area (Å²) in [5.74, 6) is 0.303. The smallest absolute Gasteiger partial charge is 0.531 e. The van der Waals surface area contributed by atoms with Crippen molar-refractivity contribution in [2.24, 2.45) is 0 Å². The lowest BCUT2D eigenvalue weighted by molar-refractivity contribution is 0.281. The van der Waals surface area contributed by atoms with Gasteiger partial charge in [0.25, 0.3) is 0 Å². The van der Waals surface area contributed by atoms with Gasteiger partial charge in [0, 0.05) is 5.46 Å². The van der Waals surface area contributed by atoms with E-state index in [2.05, 4.69) is 0 Å². The Balaban J connectivity index is 1.87. The van der Waals surface area contributed by atoms with Gasteiger partial charge in [-0.2, -0.15) is 0 Å². The molecule has 1 aliphatic heterocycles. The Morgan fingerprint density at radius 1 is 1.22 bits per heavy atom. The molecule has 1 aliphatic rings. The van der Waals surface area contributed by atoms with Gasteiger partial charge in [-0.05, 0) is 29.8 Å².